The van der Waals surface area contributed by atoms with Gasteiger partial charge < -0.3 is 10.2 Å². The highest BCUT2D eigenvalue weighted by Gasteiger charge is 2.14. The largest absolute Gasteiger partial charge is 0.311 e. The lowest BCUT2D eigenvalue weighted by atomic mass is 9.99. The molecule has 1 heterocycles. The zero-order chi connectivity index (χ0) is 13.7. The average molecular weight is 301 g/mol. The molecule has 0 atom stereocenters. The van der Waals surface area contributed by atoms with E-state index >= 15 is 0 Å². The van der Waals surface area contributed by atoms with E-state index in [1.54, 1.807) is 6.07 Å². The van der Waals surface area contributed by atoms with Crippen molar-refractivity contribution in [3.05, 3.63) is 33.8 Å². The quantitative estimate of drug-likeness (QED) is 0.832. The van der Waals surface area contributed by atoms with Crippen molar-refractivity contribution in [2.75, 3.05) is 26.2 Å². The molecule has 0 aromatic heterocycles. The van der Waals surface area contributed by atoms with Crippen LogP contribution >= 0.6 is 23.2 Å². The van der Waals surface area contributed by atoms with E-state index in [4.69, 9.17) is 23.2 Å². The fourth-order valence-electron chi connectivity index (χ4n) is 2.41. The van der Waals surface area contributed by atoms with Crippen LogP contribution in [0.25, 0.3) is 0 Å². The lowest BCUT2D eigenvalue weighted by molar-refractivity contribution is 0.193. The predicted octanol–water partition coefficient (Wildman–Crippen LogP) is 3.81. The van der Waals surface area contributed by atoms with Gasteiger partial charge in [0.05, 0.1) is 0 Å². The molecule has 0 aliphatic carbocycles. The maximum absolute atomic E-state index is 6.14. The number of benzene rings is 1. The van der Waals surface area contributed by atoms with Crippen LogP contribution in [0, 0.1) is 5.92 Å². The molecule has 1 saturated heterocycles. The number of hydrogen-bond donors (Lipinski definition) is 1. The maximum Gasteiger partial charge on any atom is 0.0465 e. The van der Waals surface area contributed by atoms with Crippen molar-refractivity contribution in [1.29, 1.82) is 0 Å². The van der Waals surface area contributed by atoms with Gasteiger partial charge in [-0.1, -0.05) is 36.2 Å². The standard InChI is InChI=1S/C15H22Cl2N2/c1-12-4-7-19(8-5-12)9-6-18-11-13-2-3-14(16)10-15(13)17/h2-3,10,12,18H,4-9,11H2,1H3. The number of rotatable bonds is 5. The number of hydrogen-bond acceptors (Lipinski definition) is 2. The van der Waals surface area contributed by atoms with Crippen LogP contribution in [-0.2, 0) is 6.54 Å². The molecule has 1 aliphatic rings. The molecule has 0 bridgehead atoms. The second kappa shape index (κ2) is 7.49. The van der Waals surface area contributed by atoms with Gasteiger partial charge >= 0.3 is 0 Å². The van der Waals surface area contributed by atoms with E-state index in [1.165, 1.54) is 25.9 Å². The van der Waals surface area contributed by atoms with E-state index in [2.05, 4.69) is 17.1 Å². The van der Waals surface area contributed by atoms with Crippen LogP contribution < -0.4 is 5.32 Å². The summed E-state index contributed by atoms with van der Waals surface area (Å²) in [5.41, 5.74) is 1.11. The third kappa shape index (κ3) is 4.96. The minimum absolute atomic E-state index is 0.691. The average Bonchev–Trinajstić information content (AvgIpc) is 2.39. The molecule has 1 N–H and O–H groups in total. The molecule has 1 aromatic carbocycles. The highest BCUT2D eigenvalue weighted by molar-refractivity contribution is 6.35. The Morgan fingerprint density at radius 1 is 1.26 bits per heavy atom. The summed E-state index contributed by atoms with van der Waals surface area (Å²) in [5.74, 6) is 0.900. The smallest absolute Gasteiger partial charge is 0.0465 e. The fraction of sp³-hybridized carbons (Fsp3) is 0.600. The topological polar surface area (TPSA) is 15.3 Å². The van der Waals surface area contributed by atoms with Gasteiger partial charge in [0.25, 0.3) is 0 Å². The fourth-order valence-corrected chi connectivity index (χ4v) is 2.89. The number of likely N-dealkylation sites (tertiary alicyclic amines) is 1. The molecule has 2 rings (SSSR count). The molecule has 1 fully saturated rings. The number of nitrogens with zero attached hydrogens (tertiary/aromatic N) is 1. The summed E-state index contributed by atoms with van der Waals surface area (Å²) >= 11 is 12.0. The molecule has 0 unspecified atom stereocenters. The first-order valence-corrected chi connectivity index (χ1v) is 7.78. The van der Waals surface area contributed by atoms with Crippen LogP contribution in [0.4, 0.5) is 0 Å². The molecule has 4 heteroatoms. The normalized spacial score (nSPS) is 17.8. The van der Waals surface area contributed by atoms with Crippen molar-refractivity contribution in [2.24, 2.45) is 5.92 Å². The Morgan fingerprint density at radius 3 is 2.68 bits per heavy atom. The van der Waals surface area contributed by atoms with Crippen LogP contribution in [-0.4, -0.2) is 31.1 Å². The lowest BCUT2D eigenvalue weighted by Gasteiger charge is -2.30. The van der Waals surface area contributed by atoms with E-state index in [1.807, 2.05) is 12.1 Å². The number of nitrogens with one attached hydrogen (secondary N) is 1. The second-order valence-electron chi connectivity index (χ2n) is 5.44. The summed E-state index contributed by atoms with van der Waals surface area (Å²) in [4.78, 5) is 2.54. The summed E-state index contributed by atoms with van der Waals surface area (Å²) in [5, 5.41) is 4.88. The summed E-state index contributed by atoms with van der Waals surface area (Å²) in [7, 11) is 0. The minimum Gasteiger partial charge on any atom is -0.311 e. The van der Waals surface area contributed by atoms with Gasteiger partial charge in [-0.2, -0.15) is 0 Å². The monoisotopic (exact) mass is 300 g/mol. The first-order valence-electron chi connectivity index (χ1n) is 7.02. The van der Waals surface area contributed by atoms with Gasteiger partial charge in [0.15, 0.2) is 0 Å². The Balaban J connectivity index is 1.66. The third-order valence-electron chi connectivity index (χ3n) is 3.81. The predicted molar refractivity (Wildman–Crippen MR) is 83.0 cm³/mol. The van der Waals surface area contributed by atoms with Crippen LogP contribution in [0.15, 0.2) is 18.2 Å². The Kier molecular flexibility index (Phi) is 5.96. The van der Waals surface area contributed by atoms with Crippen molar-refractivity contribution in [3.8, 4) is 0 Å². The van der Waals surface area contributed by atoms with E-state index < -0.39 is 0 Å². The SMILES string of the molecule is CC1CCN(CCNCc2ccc(Cl)cc2Cl)CC1. The lowest BCUT2D eigenvalue weighted by Crippen LogP contribution is -2.37. The summed E-state index contributed by atoms with van der Waals surface area (Å²) in [6.07, 6.45) is 2.67. The van der Waals surface area contributed by atoms with Gasteiger partial charge in [0, 0.05) is 29.7 Å². The minimum atomic E-state index is 0.691. The summed E-state index contributed by atoms with van der Waals surface area (Å²) in [6, 6.07) is 5.67. The maximum atomic E-state index is 6.14. The van der Waals surface area contributed by atoms with Gasteiger partial charge in [-0.25, -0.2) is 0 Å². The van der Waals surface area contributed by atoms with Gasteiger partial charge in [0.2, 0.25) is 0 Å². The van der Waals surface area contributed by atoms with Crippen molar-refractivity contribution in [1.82, 2.24) is 10.2 Å². The Labute approximate surface area is 126 Å². The Bertz CT molecular complexity index is 401. The van der Waals surface area contributed by atoms with Gasteiger partial charge in [-0.15, -0.1) is 0 Å². The first kappa shape index (κ1) is 15.1. The van der Waals surface area contributed by atoms with E-state index in [-0.39, 0.29) is 0 Å². The number of halogens is 2. The van der Waals surface area contributed by atoms with Crippen molar-refractivity contribution >= 4 is 23.2 Å². The highest BCUT2D eigenvalue weighted by atomic mass is 35.5. The molecule has 0 spiro atoms. The van der Waals surface area contributed by atoms with Crippen LogP contribution in [0.2, 0.25) is 10.0 Å². The molecule has 1 aliphatic heterocycles. The van der Waals surface area contributed by atoms with Gasteiger partial charge in [-0.05, 0) is 49.5 Å². The molecular formula is C15H22Cl2N2. The molecule has 106 valence electrons. The zero-order valence-electron chi connectivity index (χ0n) is 11.5. The molecular weight excluding hydrogens is 279 g/mol. The van der Waals surface area contributed by atoms with Gasteiger partial charge in [-0.3, -0.25) is 0 Å². The highest BCUT2D eigenvalue weighted by Crippen LogP contribution is 2.20. The van der Waals surface area contributed by atoms with Crippen LogP contribution in [0.3, 0.4) is 0 Å². The molecule has 19 heavy (non-hydrogen) atoms. The summed E-state index contributed by atoms with van der Waals surface area (Å²) < 4.78 is 0. The van der Waals surface area contributed by atoms with Crippen molar-refractivity contribution in [3.63, 3.8) is 0 Å². The molecule has 0 amide bonds. The first-order chi connectivity index (χ1) is 9.15. The number of piperidine rings is 1. The van der Waals surface area contributed by atoms with Crippen LogP contribution in [0.5, 0.6) is 0 Å². The van der Waals surface area contributed by atoms with Crippen LogP contribution in [0.1, 0.15) is 25.3 Å². The molecule has 0 saturated carbocycles. The van der Waals surface area contributed by atoms with E-state index in [9.17, 15) is 0 Å². The Morgan fingerprint density at radius 2 is 2.00 bits per heavy atom. The van der Waals surface area contributed by atoms with Crippen molar-refractivity contribution in [2.45, 2.75) is 26.3 Å². The van der Waals surface area contributed by atoms with Crippen molar-refractivity contribution < 1.29 is 0 Å². The molecule has 0 radical (unpaired) electrons. The van der Waals surface area contributed by atoms with E-state index in [0.29, 0.717) is 5.02 Å². The molecule has 2 nitrogen and oxygen atoms in total. The van der Waals surface area contributed by atoms with Gasteiger partial charge in [0.1, 0.15) is 0 Å². The second-order valence-corrected chi connectivity index (χ2v) is 6.28. The Hall–Kier alpha value is -0.280. The molecule has 1 aromatic rings. The third-order valence-corrected chi connectivity index (χ3v) is 4.40. The van der Waals surface area contributed by atoms with E-state index in [0.717, 1.165) is 36.1 Å². The summed E-state index contributed by atoms with van der Waals surface area (Å²) in [6.45, 7) is 7.76. The zero-order valence-corrected chi connectivity index (χ0v) is 13.0.